The molecule has 13 heavy (non-hydrogen) atoms. The second-order valence-electron chi connectivity index (χ2n) is 2.97. The van der Waals surface area contributed by atoms with E-state index in [1.807, 2.05) is 0 Å². The number of nitrogens with one attached hydrogen (secondary N) is 1. The van der Waals surface area contributed by atoms with Crippen molar-refractivity contribution >= 4 is 15.9 Å². The van der Waals surface area contributed by atoms with Crippen molar-refractivity contribution in [3.05, 3.63) is 0 Å². The van der Waals surface area contributed by atoms with Crippen molar-refractivity contribution in [1.29, 1.82) is 0 Å². The predicted molar refractivity (Wildman–Crippen MR) is 58.6 cm³/mol. The summed E-state index contributed by atoms with van der Waals surface area (Å²) >= 11 is 3.41. The molecule has 0 aliphatic rings. The number of halogens is 1. The smallest absolute Gasteiger partial charge is 0.0700 e. The van der Waals surface area contributed by atoms with Crippen LogP contribution < -0.4 is 5.32 Å². The zero-order valence-electron chi connectivity index (χ0n) is 8.51. The van der Waals surface area contributed by atoms with E-state index in [2.05, 4.69) is 28.2 Å². The molecule has 0 rings (SSSR count). The van der Waals surface area contributed by atoms with Crippen LogP contribution in [-0.2, 0) is 9.47 Å². The van der Waals surface area contributed by atoms with E-state index >= 15 is 0 Å². The first-order valence-corrected chi connectivity index (χ1v) is 5.79. The van der Waals surface area contributed by atoms with Crippen molar-refractivity contribution in [2.75, 3.05) is 38.8 Å². The molecule has 4 heteroatoms. The van der Waals surface area contributed by atoms with Gasteiger partial charge in [0.25, 0.3) is 0 Å². The SMILES string of the molecule is COCCOCCCNC(C)CBr. The molecular weight excluding hydrogens is 234 g/mol. The van der Waals surface area contributed by atoms with Gasteiger partial charge in [-0.25, -0.2) is 0 Å². The molecule has 0 saturated carbocycles. The van der Waals surface area contributed by atoms with Gasteiger partial charge in [-0.05, 0) is 19.9 Å². The van der Waals surface area contributed by atoms with Crippen molar-refractivity contribution in [3.63, 3.8) is 0 Å². The van der Waals surface area contributed by atoms with Gasteiger partial charge in [-0.15, -0.1) is 0 Å². The topological polar surface area (TPSA) is 30.5 Å². The average Bonchev–Trinajstić information content (AvgIpc) is 2.16. The van der Waals surface area contributed by atoms with Crippen molar-refractivity contribution in [2.45, 2.75) is 19.4 Å². The molecule has 0 radical (unpaired) electrons. The van der Waals surface area contributed by atoms with Gasteiger partial charge in [-0.3, -0.25) is 0 Å². The molecule has 3 nitrogen and oxygen atoms in total. The zero-order chi connectivity index (χ0) is 9.94. The van der Waals surface area contributed by atoms with Crippen molar-refractivity contribution < 1.29 is 9.47 Å². The van der Waals surface area contributed by atoms with Gasteiger partial charge in [-0.2, -0.15) is 0 Å². The Hall–Kier alpha value is 0.360. The number of ether oxygens (including phenoxy) is 2. The molecule has 0 fully saturated rings. The first-order valence-electron chi connectivity index (χ1n) is 4.67. The van der Waals surface area contributed by atoms with Crippen LogP contribution in [0.2, 0.25) is 0 Å². The highest BCUT2D eigenvalue weighted by atomic mass is 79.9. The Kier molecular flexibility index (Phi) is 10.7. The third-order valence-corrected chi connectivity index (χ3v) is 2.59. The van der Waals surface area contributed by atoms with Crippen LogP contribution >= 0.6 is 15.9 Å². The highest BCUT2D eigenvalue weighted by Gasteiger charge is 1.96. The summed E-state index contributed by atoms with van der Waals surface area (Å²) in [6.07, 6.45) is 1.06. The Morgan fingerprint density at radius 1 is 1.31 bits per heavy atom. The van der Waals surface area contributed by atoms with Gasteiger partial charge >= 0.3 is 0 Å². The molecule has 0 aromatic carbocycles. The van der Waals surface area contributed by atoms with Crippen molar-refractivity contribution in [1.82, 2.24) is 5.32 Å². The molecule has 1 atom stereocenters. The summed E-state index contributed by atoms with van der Waals surface area (Å²) in [5, 5.41) is 4.36. The molecule has 0 aromatic heterocycles. The minimum Gasteiger partial charge on any atom is -0.382 e. The van der Waals surface area contributed by atoms with Gasteiger partial charge in [0, 0.05) is 25.1 Å². The van der Waals surface area contributed by atoms with Crippen LogP contribution in [0.4, 0.5) is 0 Å². The summed E-state index contributed by atoms with van der Waals surface area (Å²) in [7, 11) is 1.68. The molecule has 0 amide bonds. The molecule has 1 N–H and O–H groups in total. The van der Waals surface area contributed by atoms with E-state index in [0.717, 1.165) is 24.9 Å². The molecule has 0 heterocycles. The Morgan fingerprint density at radius 2 is 2.08 bits per heavy atom. The minimum absolute atomic E-state index is 0.541. The summed E-state index contributed by atoms with van der Waals surface area (Å²) in [5.74, 6) is 0. The molecular formula is C9H20BrNO2. The van der Waals surface area contributed by atoms with E-state index < -0.39 is 0 Å². The predicted octanol–water partition coefficient (Wildman–Crippen LogP) is 1.41. The maximum Gasteiger partial charge on any atom is 0.0700 e. The highest BCUT2D eigenvalue weighted by Crippen LogP contribution is 1.89. The first-order chi connectivity index (χ1) is 6.31. The quantitative estimate of drug-likeness (QED) is 0.498. The standard InChI is InChI=1S/C9H20BrNO2/c1-9(8-10)11-4-3-5-13-7-6-12-2/h9,11H,3-8H2,1-2H3. The van der Waals surface area contributed by atoms with Gasteiger partial charge in [0.15, 0.2) is 0 Å². The summed E-state index contributed by atoms with van der Waals surface area (Å²) in [6.45, 7) is 5.36. The third kappa shape index (κ3) is 10.3. The highest BCUT2D eigenvalue weighted by molar-refractivity contribution is 9.09. The lowest BCUT2D eigenvalue weighted by molar-refractivity contribution is 0.0693. The molecule has 0 aliphatic carbocycles. The zero-order valence-corrected chi connectivity index (χ0v) is 10.1. The third-order valence-electron chi connectivity index (χ3n) is 1.62. The average molecular weight is 254 g/mol. The van der Waals surface area contributed by atoms with Crippen LogP contribution in [-0.4, -0.2) is 44.8 Å². The lowest BCUT2D eigenvalue weighted by Crippen LogP contribution is -2.28. The summed E-state index contributed by atoms with van der Waals surface area (Å²) in [4.78, 5) is 0. The Labute approximate surface area is 89.3 Å². The Bertz CT molecular complexity index is 104. The molecule has 80 valence electrons. The maximum absolute atomic E-state index is 5.31. The van der Waals surface area contributed by atoms with Crippen LogP contribution in [0, 0.1) is 0 Å². The molecule has 0 aromatic rings. The fourth-order valence-electron chi connectivity index (χ4n) is 0.822. The minimum atomic E-state index is 0.541. The lowest BCUT2D eigenvalue weighted by atomic mass is 10.3. The first kappa shape index (κ1) is 13.4. The molecule has 0 saturated heterocycles. The van der Waals surface area contributed by atoms with Gasteiger partial charge in [-0.1, -0.05) is 15.9 Å². The maximum atomic E-state index is 5.31. The number of methoxy groups -OCH3 is 1. The number of hydrogen-bond acceptors (Lipinski definition) is 3. The van der Waals surface area contributed by atoms with Crippen LogP contribution in [0.1, 0.15) is 13.3 Å². The fourth-order valence-corrected chi connectivity index (χ4v) is 1.05. The van der Waals surface area contributed by atoms with E-state index in [4.69, 9.17) is 9.47 Å². The van der Waals surface area contributed by atoms with Crippen LogP contribution in [0.5, 0.6) is 0 Å². The van der Waals surface area contributed by atoms with Gasteiger partial charge in [0.1, 0.15) is 0 Å². The van der Waals surface area contributed by atoms with Crippen LogP contribution in [0.3, 0.4) is 0 Å². The van der Waals surface area contributed by atoms with E-state index in [1.54, 1.807) is 7.11 Å². The lowest BCUT2D eigenvalue weighted by Gasteiger charge is -2.10. The van der Waals surface area contributed by atoms with E-state index in [0.29, 0.717) is 19.3 Å². The summed E-state index contributed by atoms with van der Waals surface area (Å²) < 4.78 is 10.2. The number of rotatable bonds is 9. The van der Waals surface area contributed by atoms with Gasteiger partial charge in [0.05, 0.1) is 13.2 Å². The van der Waals surface area contributed by atoms with Crippen molar-refractivity contribution in [3.8, 4) is 0 Å². The molecule has 1 unspecified atom stereocenters. The van der Waals surface area contributed by atoms with Crippen molar-refractivity contribution in [2.24, 2.45) is 0 Å². The Morgan fingerprint density at radius 3 is 2.69 bits per heavy atom. The molecule has 0 spiro atoms. The summed E-state index contributed by atoms with van der Waals surface area (Å²) in [6, 6.07) is 0.541. The van der Waals surface area contributed by atoms with E-state index in [-0.39, 0.29) is 0 Å². The monoisotopic (exact) mass is 253 g/mol. The van der Waals surface area contributed by atoms with E-state index in [9.17, 15) is 0 Å². The molecule has 0 aliphatic heterocycles. The second-order valence-corrected chi connectivity index (χ2v) is 3.62. The number of hydrogen-bond donors (Lipinski definition) is 1. The largest absolute Gasteiger partial charge is 0.382 e. The summed E-state index contributed by atoms with van der Waals surface area (Å²) in [5.41, 5.74) is 0. The van der Waals surface area contributed by atoms with Gasteiger partial charge in [0.2, 0.25) is 0 Å². The second kappa shape index (κ2) is 10.4. The Balaban J connectivity index is 2.91. The van der Waals surface area contributed by atoms with Crippen LogP contribution in [0.25, 0.3) is 0 Å². The van der Waals surface area contributed by atoms with E-state index in [1.165, 1.54) is 0 Å². The normalized spacial score (nSPS) is 13.2. The fraction of sp³-hybridized carbons (Fsp3) is 1.00. The van der Waals surface area contributed by atoms with Gasteiger partial charge < -0.3 is 14.8 Å². The molecule has 0 bridgehead atoms. The van der Waals surface area contributed by atoms with Crippen LogP contribution in [0.15, 0.2) is 0 Å². The number of alkyl halides is 1.